The Kier molecular flexibility index (Phi) is 19.6. The molecular weight excluding hydrogens is 673 g/mol. The van der Waals surface area contributed by atoms with Gasteiger partial charge in [0.05, 0.1) is 24.2 Å². The largest absolute Gasteiger partial charge is 0.323 e. The molecule has 0 saturated heterocycles. The van der Waals surface area contributed by atoms with Crippen LogP contribution in [0.1, 0.15) is 234 Å². The first-order chi connectivity index (χ1) is 26.1. The van der Waals surface area contributed by atoms with Gasteiger partial charge in [-0.3, -0.25) is 0 Å². The lowest BCUT2D eigenvalue weighted by Gasteiger charge is -2.34. The zero-order valence-electron chi connectivity index (χ0n) is 35.9. The third kappa shape index (κ3) is 16.8. The van der Waals surface area contributed by atoms with Crippen LogP contribution < -0.4 is 0 Å². The summed E-state index contributed by atoms with van der Waals surface area (Å²) >= 11 is 0. The summed E-state index contributed by atoms with van der Waals surface area (Å²) in [7, 11) is 0. The summed E-state index contributed by atoms with van der Waals surface area (Å²) < 4.78 is 13.7. The summed E-state index contributed by atoms with van der Waals surface area (Å²) in [5.74, 6) is 0. The average molecular weight is 755 g/mol. The Labute approximate surface area is 330 Å². The number of unbranched alkanes of at least 4 members (excludes halogenated alkanes) is 7. The monoisotopic (exact) mass is 755 g/mol. The number of azo groups is 4. The first-order valence-electron chi connectivity index (χ1n) is 23.1. The zero-order valence-corrected chi connectivity index (χ0v) is 35.9. The fraction of sp³-hybridized carbons (Fsp3) is 1.00. The highest BCUT2D eigenvalue weighted by molar-refractivity contribution is 4.84. The van der Waals surface area contributed by atoms with Crippen LogP contribution in [0.15, 0.2) is 40.9 Å². The van der Waals surface area contributed by atoms with Crippen molar-refractivity contribution in [2.45, 2.75) is 281 Å². The third-order valence-corrected chi connectivity index (χ3v) is 12.4. The lowest BCUT2D eigenvalue weighted by molar-refractivity contribution is -0.148. The van der Waals surface area contributed by atoms with Crippen molar-refractivity contribution in [2.24, 2.45) is 40.9 Å². The van der Waals surface area contributed by atoms with E-state index < -0.39 is 22.9 Å². The van der Waals surface area contributed by atoms with Gasteiger partial charge < -0.3 is 9.47 Å². The molecule has 54 heavy (non-hydrogen) atoms. The molecule has 0 aromatic rings. The molecule has 4 unspecified atom stereocenters. The standard InChI is InChI=1S/C44H82N8O2/c1-7-33-41(3,49-45-37-25-15-16-26-37)53-43(5,51-47-39-29-19-20-30-39)35-23-13-11-9-10-12-14-24-36-44(6,52-48-40-31-21-22-32-40)54-42(4,34-8-2)50-46-38-27-17-18-28-38/h37-40H,7-36H2,1-6H3. The summed E-state index contributed by atoms with van der Waals surface area (Å²) in [5.41, 5.74) is -2.66. The minimum atomic E-state index is -0.671. The molecule has 10 heteroatoms. The molecule has 0 amide bonds. The van der Waals surface area contributed by atoms with Crippen molar-refractivity contribution in [1.82, 2.24) is 0 Å². The van der Waals surface area contributed by atoms with Gasteiger partial charge in [0.15, 0.2) is 22.9 Å². The van der Waals surface area contributed by atoms with E-state index in [0.29, 0.717) is 24.2 Å². The van der Waals surface area contributed by atoms with E-state index in [2.05, 4.69) is 41.5 Å². The van der Waals surface area contributed by atoms with E-state index in [9.17, 15) is 0 Å². The molecular formula is C44H82N8O2. The maximum Gasteiger partial charge on any atom is 0.179 e. The minimum Gasteiger partial charge on any atom is -0.323 e. The van der Waals surface area contributed by atoms with Gasteiger partial charge in [0.25, 0.3) is 0 Å². The molecule has 10 nitrogen and oxygen atoms in total. The second-order valence-electron chi connectivity index (χ2n) is 18.3. The lowest BCUT2D eigenvalue weighted by Crippen LogP contribution is -2.39. The molecule has 0 N–H and O–H groups in total. The van der Waals surface area contributed by atoms with Gasteiger partial charge in [0, 0.05) is 0 Å². The molecule has 4 rings (SSSR count). The van der Waals surface area contributed by atoms with Gasteiger partial charge in [-0.15, -0.1) is 0 Å². The van der Waals surface area contributed by atoms with Crippen LogP contribution in [-0.4, -0.2) is 47.1 Å². The normalized spacial score (nSPS) is 24.5. The zero-order chi connectivity index (χ0) is 38.6. The van der Waals surface area contributed by atoms with Gasteiger partial charge in [-0.05, 0) is 118 Å². The molecule has 0 aliphatic heterocycles. The highest BCUT2D eigenvalue weighted by Gasteiger charge is 2.38. The first-order valence-corrected chi connectivity index (χ1v) is 23.1. The molecule has 4 aliphatic rings. The molecule has 0 bridgehead atoms. The maximum atomic E-state index is 6.86. The van der Waals surface area contributed by atoms with E-state index in [1.165, 1.54) is 89.9 Å². The van der Waals surface area contributed by atoms with Crippen LogP contribution >= 0.6 is 0 Å². The summed E-state index contributed by atoms with van der Waals surface area (Å²) in [5, 5.41) is 38.8. The number of hydrogen-bond donors (Lipinski definition) is 0. The molecule has 4 fully saturated rings. The smallest absolute Gasteiger partial charge is 0.179 e. The summed E-state index contributed by atoms with van der Waals surface area (Å²) in [6, 6.07) is 1.40. The second kappa shape index (κ2) is 23.5. The molecule has 4 aliphatic carbocycles. The fourth-order valence-corrected chi connectivity index (χ4v) is 9.22. The van der Waals surface area contributed by atoms with Crippen LogP contribution in [0.4, 0.5) is 0 Å². The molecule has 0 heterocycles. The Bertz CT molecular complexity index is 1050. The van der Waals surface area contributed by atoms with Crippen molar-refractivity contribution < 1.29 is 9.47 Å². The van der Waals surface area contributed by atoms with E-state index in [-0.39, 0.29) is 0 Å². The second-order valence-corrected chi connectivity index (χ2v) is 18.3. The van der Waals surface area contributed by atoms with Crippen LogP contribution in [0.5, 0.6) is 0 Å². The van der Waals surface area contributed by atoms with Crippen molar-refractivity contribution in [2.75, 3.05) is 0 Å². The Hall–Kier alpha value is -1.68. The molecule has 310 valence electrons. The van der Waals surface area contributed by atoms with E-state index in [1.54, 1.807) is 0 Å². The van der Waals surface area contributed by atoms with Gasteiger partial charge in [-0.25, -0.2) is 0 Å². The highest BCUT2D eigenvalue weighted by atomic mass is 16.6. The Balaban J connectivity index is 1.22. The van der Waals surface area contributed by atoms with Crippen LogP contribution in [0.2, 0.25) is 0 Å². The fourth-order valence-electron chi connectivity index (χ4n) is 9.22. The van der Waals surface area contributed by atoms with Crippen LogP contribution in [0, 0.1) is 0 Å². The van der Waals surface area contributed by atoms with Crippen molar-refractivity contribution >= 4 is 0 Å². The number of ether oxygens (including phenoxy) is 2. The van der Waals surface area contributed by atoms with Gasteiger partial charge in [0.2, 0.25) is 0 Å². The van der Waals surface area contributed by atoms with Crippen molar-refractivity contribution in [3.8, 4) is 0 Å². The lowest BCUT2D eigenvalue weighted by atomic mass is 10.0. The van der Waals surface area contributed by atoms with Crippen LogP contribution in [-0.2, 0) is 9.47 Å². The predicted molar refractivity (Wildman–Crippen MR) is 220 cm³/mol. The van der Waals surface area contributed by atoms with Gasteiger partial charge in [0.1, 0.15) is 0 Å². The van der Waals surface area contributed by atoms with Gasteiger partial charge >= 0.3 is 0 Å². The number of hydrogen-bond acceptors (Lipinski definition) is 10. The SMILES string of the molecule is CCCC(C)(N=NC1CCCC1)OC(C)(CCCCCCCCCCC(C)(N=NC1CCCC1)OC(C)(CCC)N=NC1CCCC1)N=NC1CCCC1. The topological polar surface area (TPSA) is 117 Å². The van der Waals surface area contributed by atoms with E-state index in [1.807, 2.05) is 0 Å². The van der Waals surface area contributed by atoms with Crippen LogP contribution in [0.25, 0.3) is 0 Å². The quantitative estimate of drug-likeness (QED) is 0.0613. The Morgan fingerprint density at radius 1 is 0.352 bits per heavy atom. The minimum absolute atomic E-state index is 0.346. The molecule has 4 saturated carbocycles. The van der Waals surface area contributed by atoms with Gasteiger partial charge in [-0.2, -0.15) is 40.9 Å². The Morgan fingerprint density at radius 2 is 0.574 bits per heavy atom. The van der Waals surface area contributed by atoms with E-state index in [0.717, 1.165) is 103 Å². The maximum absolute atomic E-state index is 6.86. The van der Waals surface area contributed by atoms with Gasteiger partial charge in [-0.1, -0.05) is 117 Å². The van der Waals surface area contributed by atoms with Crippen molar-refractivity contribution in [1.29, 1.82) is 0 Å². The first kappa shape index (κ1) is 45.0. The van der Waals surface area contributed by atoms with Crippen molar-refractivity contribution in [3.63, 3.8) is 0 Å². The third-order valence-electron chi connectivity index (χ3n) is 12.4. The summed E-state index contributed by atoms with van der Waals surface area (Å²) in [6.45, 7) is 12.9. The van der Waals surface area contributed by atoms with Crippen molar-refractivity contribution in [3.05, 3.63) is 0 Å². The highest BCUT2D eigenvalue weighted by Crippen LogP contribution is 2.36. The molecule has 0 spiro atoms. The molecule has 0 aromatic carbocycles. The molecule has 0 aromatic heterocycles. The summed E-state index contributed by atoms with van der Waals surface area (Å²) in [4.78, 5) is 0. The molecule has 0 radical (unpaired) electrons. The average Bonchev–Trinajstić information content (AvgIpc) is 3.99. The Morgan fingerprint density at radius 3 is 0.815 bits per heavy atom. The predicted octanol–water partition coefficient (Wildman–Crippen LogP) is 15.0. The van der Waals surface area contributed by atoms with E-state index >= 15 is 0 Å². The number of nitrogens with zero attached hydrogens (tertiary/aromatic N) is 8. The van der Waals surface area contributed by atoms with E-state index in [4.69, 9.17) is 50.4 Å². The van der Waals surface area contributed by atoms with Crippen LogP contribution in [0.3, 0.4) is 0 Å². The number of rotatable bonds is 27. The summed E-state index contributed by atoms with van der Waals surface area (Å²) in [6.07, 6.45) is 34.2. The molecule has 4 atom stereocenters.